The summed E-state index contributed by atoms with van der Waals surface area (Å²) in [6.45, 7) is 1.63. The molecule has 0 aliphatic rings. The smallest absolute Gasteiger partial charge is 0.255 e. The highest BCUT2D eigenvalue weighted by Crippen LogP contribution is 2.17. The van der Waals surface area contributed by atoms with Gasteiger partial charge in [0.1, 0.15) is 5.75 Å². The Labute approximate surface area is 105 Å². The SMILES string of the molecule is CCC(N)C(=O)Nc1cccc(OCC(N)=O)c1. The van der Waals surface area contributed by atoms with Crippen molar-refractivity contribution in [3.63, 3.8) is 0 Å². The van der Waals surface area contributed by atoms with Gasteiger partial charge >= 0.3 is 0 Å². The average Bonchev–Trinajstić information content (AvgIpc) is 2.35. The van der Waals surface area contributed by atoms with E-state index in [0.717, 1.165) is 0 Å². The molecule has 18 heavy (non-hydrogen) atoms. The van der Waals surface area contributed by atoms with Crippen LogP contribution >= 0.6 is 0 Å². The van der Waals surface area contributed by atoms with Gasteiger partial charge in [-0.2, -0.15) is 0 Å². The molecule has 1 aromatic rings. The summed E-state index contributed by atoms with van der Waals surface area (Å²) in [6.07, 6.45) is 0.559. The Kier molecular flexibility index (Phi) is 5.13. The lowest BCUT2D eigenvalue weighted by molar-refractivity contribution is -0.120. The number of nitrogens with one attached hydrogen (secondary N) is 1. The van der Waals surface area contributed by atoms with Gasteiger partial charge in [0.05, 0.1) is 6.04 Å². The summed E-state index contributed by atoms with van der Waals surface area (Å²) in [5.74, 6) is -0.362. The van der Waals surface area contributed by atoms with Crippen LogP contribution in [0.25, 0.3) is 0 Å². The Morgan fingerprint density at radius 3 is 2.78 bits per heavy atom. The second-order valence-electron chi connectivity index (χ2n) is 3.79. The quantitative estimate of drug-likeness (QED) is 0.672. The van der Waals surface area contributed by atoms with E-state index in [9.17, 15) is 9.59 Å². The minimum Gasteiger partial charge on any atom is -0.484 e. The third-order valence-electron chi connectivity index (χ3n) is 2.26. The maximum Gasteiger partial charge on any atom is 0.255 e. The second-order valence-corrected chi connectivity index (χ2v) is 3.79. The summed E-state index contributed by atoms with van der Waals surface area (Å²) in [7, 11) is 0. The number of amides is 2. The van der Waals surface area contributed by atoms with E-state index in [4.69, 9.17) is 16.2 Å². The van der Waals surface area contributed by atoms with Crippen LogP contribution in [0, 0.1) is 0 Å². The van der Waals surface area contributed by atoms with E-state index in [-0.39, 0.29) is 12.5 Å². The highest BCUT2D eigenvalue weighted by molar-refractivity contribution is 5.94. The number of ether oxygens (including phenoxy) is 1. The Balaban J connectivity index is 2.64. The van der Waals surface area contributed by atoms with Gasteiger partial charge in [-0.25, -0.2) is 0 Å². The molecule has 0 saturated carbocycles. The van der Waals surface area contributed by atoms with Crippen LogP contribution < -0.4 is 21.5 Å². The van der Waals surface area contributed by atoms with Crippen LogP contribution in [-0.2, 0) is 9.59 Å². The van der Waals surface area contributed by atoms with E-state index in [1.807, 2.05) is 6.92 Å². The van der Waals surface area contributed by atoms with Crippen molar-refractivity contribution in [3.05, 3.63) is 24.3 Å². The molecule has 0 aliphatic heterocycles. The van der Waals surface area contributed by atoms with Crippen molar-refractivity contribution in [1.29, 1.82) is 0 Å². The fraction of sp³-hybridized carbons (Fsp3) is 0.333. The number of carbonyl (C=O) groups is 2. The fourth-order valence-electron chi connectivity index (χ4n) is 1.24. The van der Waals surface area contributed by atoms with Crippen molar-refractivity contribution in [2.45, 2.75) is 19.4 Å². The molecule has 1 aromatic carbocycles. The van der Waals surface area contributed by atoms with E-state index in [0.29, 0.717) is 17.9 Å². The van der Waals surface area contributed by atoms with Crippen molar-refractivity contribution in [2.24, 2.45) is 11.5 Å². The summed E-state index contributed by atoms with van der Waals surface area (Å²) >= 11 is 0. The Morgan fingerprint density at radius 2 is 2.17 bits per heavy atom. The molecule has 0 aliphatic carbocycles. The maximum atomic E-state index is 11.6. The first kappa shape index (κ1) is 14.0. The molecule has 0 aromatic heterocycles. The van der Waals surface area contributed by atoms with Crippen LogP contribution in [-0.4, -0.2) is 24.5 Å². The molecule has 1 unspecified atom stereocenters. The molecule has 1 atom stereocenters. The van der Waals surface area contributed by atoms with Crippen molar-refractivity contribution < 1.29 is 14.3 Å². The number of nitrogens with two attached hydrogens (primary N) is 2. The van der Waals surface area contributed by atoms with Crippen LogP contribution in [0.5, 0.6) is 5.75 Å². The monoisotopic (exact) mass is 251 g/mol. The highest BCUT2D eigenvalue weighted by Gasteiger charge is 2.11. The van der Waals surface area contributed by atoms with Gasteiger partial charge in [-0.15, -0.1) is 0 Å². The van der Waals surface area contributed by atoms with Crippen LogP contribution in [0.4, 0.5) is 5.69 Å². The first-order chi connectivity index (χ1) is 8.52. The molecule has 0 radical (unpaired) electrons. The van der Waals surface area contributed by atoms with Crippen LogP contribution in [0.3, 0.4) is 0 Å². The Hall–Kier alpha value is -2.08. The molecule has 98 valence electrons. The van der Waals surface area contributed by atoms with E-state index >= 15 is 0 Å². The first-order valence-corrected chi connectivity index (χ1v) is 5.60. The van der Waals surface area contributed by atoms with Gasteiger partial charge in [0.2, 0.25) is 5.91 Å². The predicted molar refractivity (Wildman–Crippen MR) is 68.0 cm³/mol. The zero-order valence-electron chi connectivity index (χ0n) is 10.2. The van der Waals surface area contributed by atoms with Gasteiger partial charge in [-0.3, -0.25) is 9.59 Å². The van der Waals surface area contributed by atoms with Crippen LogP contribution in [0.15, 0.2) is 24.3 Å². The summed E-state index contributed by atoms with van der Waals surface area (Å²) in [5, 5.41) is 2.66. The third kappa shape index (κ3) is 4.42. The van der Waals surface area contributed by atoms with E-state index in [2.05, 4.69) is 5.32 Å². The van der Waals surface area contributed by atoms with Crippen molar-refractivity contribution in [2.75, 3.05) is 11.9 Å². The molecular formula is C12H17N3O3. The van der Waals surface area contributed by atoms with E-state index in [1.54, 1.807) is 24.3 Å². The zero-order chi connectivity index (χ0) is 13.5. The first-order valence-electron chi connectivity index (χ1n) is 5.60. The molecule has 1 rings (SSSR count). The minimum absolute atomic E-state index is 0.203. The summed E-state index contributed by atoms with van der Waals surface area (Å²) < 4.78 is 5.12. The molecule has 6 nitrogen and oxygen atoms in total. The Morgan fingerprint density at radius 1 is 1.44 bits per heavy atom. The third-order valence-corrected chi connectivity index (χ3v) is 2.26. The largest absolute Gasteiger partial charge is 0.484 e. The highest BCUT2D eigenvalue weighted by atomic mass is 16.5. The fourth-order valence-corrected chi connectivity index (χ4v) is 1.24. The van der Waals surface area contributed by atoms with Gasteiger partial charge in [-0.1, -0.05) is 13.0 Å². The maximum absolute atomic E-state index is 11.6. The lowest BCUT2D eigenvalue weighted by Gasteiger charge is -2.11. The van der Waals surface area contributed by atoms with Crippen molar-refractivity contribution in [3.8, 4) is 5.75 Å². The number of primary amides is 1. The molecule has 5 N–H and O–H groups in total. The number of benzene rings is 1. The summed E-state index contributed by atoms with van der Waals surface area (Å²) in [4.78, 5) is 22.1. The number of rotatable bonds is 6. The number of hydrogen-bond donors (Lipinski definition) is 3. The lowest BCUT2D eigenvalue weighted by Crippen LogP contribution is -2.34. The molecule has 0 bridgehead atoms. The minimum atomic E-state index is -0.558. The molecule has 0 saturated heterocycles. The van der Waals surface area contributed by atoms with E-state index < -0.39 is 11.9 Å². The molecule has 0 heterocycles. The van der Waals surface area contributed by atoms with Gasteiger partial charge in [-0.05, 0) is 18.6 Å². The Bertz CT molecular complexity index is 434. The zero-order valence-corrected chi connectivity index (χ0v) is 10.2. The molecule has 6 heteroatoms. The number of anilines is 1. The standard InChI is InChI=1S/C12H17N3O3/c1-2-10(13)12(17)15-8-4-3-5-9(6-8)18-7-11(14)16/h3-6,10H,2,7,13H2,1H3,(H2,14,16)(H,15,17). The van der Waals surface area contributed by atoms with Gasteiger partial charge in [0.15, 0.2) is 6.61 Å². The average molecular weight is 251 g/mol. The molecule has 2 amide bonds. The topological polar surface area (TPSA) is 107 Å². The number of carbonyl (C=O) groups excluding carboxylic acids is 2. The van der Waals surface area contributed by atoms with Crippen molar-refractivity contribution >= 4 is 17.5 Å². The van der Waals surface area contributed by atoms with Gasteiger partial charge in [0.25, 0.3) is 5.91 Å². The van der Waals surface area contributed by atoms with Crippen LogP contribution in [0.2, 0.25) is 0 Å². The lowest BCUT2D eigenvalue weighted by atomic mass is 10.2. The molecule has 0 fully saturated rings. The molecular weight excluding hydrogens is 234 g/mol. The predicted octanol–water partition coefficient (Wildman–Crippen LogP) is 0.226. The normalized spacial score (nSPS) is 11.7. The summed E-state index contributed by atoms with van der Waals surface area (Å²) in [6, 6.07) is 6.13. The van der Waals surface area contributed by atoms with E-state index in [1.165, 1.54) is 0 Å². The molecule has 0 spiro atoms. The summed E-state index contributed by atoms with van der Waals surface area (Å²) in [5.41, 5.74) is 11.1. The van der Waals surface area contributed by atoms with Crippen LogP contribution in [0.1, 0.15) is 13.3 Å². The van der Waals surface area contributed by atoms with Gasteiger partial charge in [0, 0.05) is 11.8 Å². The second kappa shape index (κ2) is 6.61. The number of hydrogen-bond acceptors (Lipinski definition) is 4. The van der Waals surface area contributed by atoms with Crippen molar-refractivity contribution in [1.82, 2.24) is 0 Å². The van der Waals surface area contributed by atoms with Gasteiger partial charge < -0.3 is 21.5 Å².